The molecule has 0 bridgehead atoms. The minimum Gasteiger partial charge on any atom is -0.381 e. The molecular weight excluding hydrogens is 226 g/mol. The summed E-state index contributed by atoms with van der Waals surface area (Å²) in [6.45, 7) is 0. The fourth-order valence-corrected chi connectivity index (χ4v) is 1.35. The van der Waals surface area contributed by atoms with Crippen LogP contribution in [-0.4, -0.2) is 5.16 Å². The van der Waals surface area contributed by atoms with Gasteiger partial charge in [-0.2, -0.15) is 0 Å². The maximum atomic E-state index is 13.1. The minimum atomic E-state index is -0.860. The number of hydrogen-bond donors (Lipinski definition) is 1. The zero-order valence-corrected chi connectivity index (χ0v) is 8.05. The zero-order valence-electron chi connectivity index (χ0n) is 7.30. The van der Waals surface area contributed by atoms with E-state index in [0.717, 1.165) is 6.07 Å². The van der Waals surface area contributed by atoms with Crippen molar-refractivity contribution in [3.8, 4) is 11.3 Å². The SMILES string of the molecule is Nc1cc(-c2cc(F)cc(F)c2Cl)on1. The molecule has 0 atom stereocenters. The van der Waals surface area contributed by atoms with Gasteiger partial charge >= 0.3 is 0 Å². The predicted octanol–water partition coefficient (Wildman–Crippen LogP) is 2.86. The Morgan fingerprint density at radius 3 is 2.60 bits per heavy atom. The van der Waals surface area contributed by atoms with Crippen molar-refractivity contribution in [1.29, 1.82) is 0 Å². The molecule has 3 nitrogen and oxygen atoms in total. The van der Waals surface area contributed by atoms with Crippen LogP contribution in [0.3, 0.4) is 0 Å². The molecule has 6 heteroatoms. The number of nitrogen functional groups attached to an aromatic ring is 1. The number of rotatable bonds is 1. The molecule has 15 heavy (non-hydrogen) atoms. The first kappa shape index (κ1) is 9.92. The van der Waals surface area contributed by atoms with E-state index in [1.807, 2.05) is 0 Å². The summed E-state index contributed by atoms with van der Waals surface area (Å²) in [5, 5.41) is 3.16. The van der Waals surface area contributed by atoms with Crippen molar-refractivity contribution in [3.05, 3.63) is 34.9 Å². The van der Waals surface area contributed by atoms with Gasteiger partial charge < -0.3 is 10.3 Å². The third-order valence-corrected chi connectivity index (χ3v) is 2.17. The van der Waals surface area contributed by atoms with Crippen LogP contribution in [0.15, 0.2) is 22.7 Å². The van der Waals surface area contributed by atoms with Gasteiger partial charge in [0.25, 0.3) is 0 Å². The van der Waals surface area contributed by atoms with E-state index >= 15 is 0 Å². The lowest BCUT2D eigenvalue weighted by Crippen LogP contribution is -1.86. The molecular formula is C9H5ClF2N2O. The van der Waals surface area contributed by atoms with Gasteiger partial charge in [0.1, 0.15) is 11.6 Å². The van der Waals surface area contributed by atoms with Crippen molar-refractivity contribution in [3.63, 3.8) is 0 Å². The molecule has 78 valence electrons. The molecule has 0 unspecified atom stereocenters. The molecule has 2 N–H and O–H groups in total. The third-order valence-electron chi connectivity index (χ3n) is 1.79. The Kier molecular flexibility index (Phi) is 2.32. The van der Waals surface area contributed by atoms with Crippen LogP contribution in [0.2, 0.25) is 5.02 Å². The molecule has 1 aromatic carbocycles. The highest BCUT2D eigenvalue weighted by molar-refractivity contribution is 6.33. The molecule has 0 amide bonds. The van der Waals surface area contributed by atoms with Gasteiger partial charge in [0.2, 0.25) is 0 Å². The first-order chi connectivity index (χ1) is 7.08. The van der Waals surface area contributed by atoms with E-state index in [1.54, 1.807) is 0 Å². The second-order valence-corrected chi connectivity index (χ2v) is 3.24. The van der Waals surface area contributed by atoms with Crippen LogP contribution in [0.4, 0.5) is 14.6 Å². The normalized spacial score (nSPS) is 10.6. The van der Waals surface area contributed by atoms with Crippen molar-refractivity contribution in [2.45, 2.75) is 0 Å². The van der Waals surface area contributed by atoms with Gasteiger partial charge in [-0.1, -0.05) is 16.8 Å². The average molecular weight is 231 g/mol. The molecule has 0 radical (unpaired) electrons. The molecule has 0 spiro atoms. The van der Waals surface area contributed by atoms with Crippen molar-refractivity contribution < 1.29 is 13.3 Å². The summed E-state index contributed by atoms with van der Waals surface area (Å²) in [6, 6.07) is 3.07. The molecule has 0 saturated carbocycles. The number of aromatic nitrogens is 1. The first-order valence-electron chi connectivity index (χ1n) is 3.95. The van der Waals surface area contributed by atoms with Crippen molar-refractivity contribution in [1.82, 2.24) is 5.16 Å². The lowest BCUT2D eigenvalue weighted by Gasteiger charge is -2.00. The predicted molar refractivity (Wildman–Crippen MR) is 51.3 cm³/mol. The van der Waals surface area contributed by atoms with E-state index in [1.165, 1.54) is 6.07 Å². The maximum absolute atomic E-state index is 13.1. The summed E-state index contributed by atoms with van der Waals surface area (Å²) in [6.07, 6.45) is 0. The molecule has 0 aliphatic rings. The fraction of sp³-hybridized carbons (Fsp3) is 0. The lowest BCUT2D eigenvalue weighted by atomic mass is 10.1. The van der Waals surface area contributed by atoms with E-state index in [4.69, 9.17) is 21.9 Å². The number of halogens is 3. The highest BCUT2D eigenvalue weighted by atomic mass is 35.5. The van der Waals surface area contributed by atoms with Gasteiger partial charge in [-0.3, -0.25) is 0 Å². The van der Waals surface area contributed by atoms with Crippen LogP contribution >= 0.6 is 11.6 Å². The Labute approximate surface area is 88.4 Å². The van der Waals surface area contributed by atoms with Gasteiger partial charge in [-0.25, -0.2) is 8.78 Å². The highest BCUT2D eigenvalue weighted by Crippen LogP contribution is 2.31. The monoisotopic (exact) mass is 230 g/mol. The van der Waals surface area contributed by atoms with E-state index < -0.39 is 11.6 Å². The standard InChI is InChI=1S/C9H5ClF2N2O/c10-9-5(1-4(11)2-6(9)12)7-3-8(13)14-15-7/h1-3H,(H2,13,14). The Morgan fingerprint density at radius 1 is 1.27 bits per heavy atom. The topological polar surface area (TPSA) is 52.0 Å². The van der Waals surface area contributed by atoms with Crippen LogP contribution in [0.5, 0.6) is 0 Å². The summed E-state index contributed by atoms with van der Waals surface area (Å²) in [4.78, 5) is 0. The van der Waals surface area contributed by atoms with Gasteiger partial charge in [-0.15, -0.1) is 0 Å². The maximum Gasteiger partial charge on any atom is 0.170 e. The molecule has 0 aliphatic carbocycles. The summed E-state index contributed by atoms with van der Waals surface area (Å²) >= 11 is 5.64. The van der Waals surface area contributed by atoms with Crippen LogP contribution < -0.4 is 5.73 Å². The molecule has 1 heterocycles. The summed E-state index contributed by atoms with van der Waals surface area (Å²) in [5.74, 6) is -1.37. The van der Waals surface area contributed by atoms with Crippen molar-refractivity contribution in [2.75, 3.05) is 5.73 Å². The van der Waals surface area contributed by atoms with E-state index in [2.05, 4.69) is 5.16 Å². The molecule has 1 aromatic heterocycles. The van der Waals surface area contributed by atoms with Crippen molar-refractivity contribution >= 4 is 17.4 Å². The number of hydrogen-bond acceptors (Lipinski definition) is 3. The number of nitrogens with two attached hydrogens (primary N) is 1. The van der Waals surface area contributed by atoms with Crippen LogP contribution in [0.1, 0.15) is 0 Å². The summed E-state index contributed by atoms with van der Waals surface area (Å²) in [5.41, 5.74) is 5.39. The van der Waals surface area contributed by atoms with Gasteiger partial charge in [0.15, 0.2) is 11.6 Å². The highest BCUT2D eigenvalue weighted by Gasteiger charge is 2.14. The van der Waals surface area contributed by atoms with E-state index in [0.29, 0.717) is 6.07 Å². The second kappa shape index (κ2) is 3.51. The van der Waals surface area contributed by atoms with Crippen molar-refractivity contribution in [2.24, 2.45) is 0 Å². The lowest BCUT2D eigenvalue weighted by molar-refractivity contribution is 0.435. The Morgan fingerprint density at radius 2 is 2.00 bits per heavy atom. The molecule has 0 fully saturated rings. The Hall–Kier alpha value is -1.62. The smallest absolute Gasteiger partial charge is 0.170 e. The first-order valence-corrected chi connectivity index (χ1v) is 4.33. The zero-order chi connectivity index (χ0) is 11.0. The van der Waals surface area contributed by atoms with Crippen LogP contribution in [0.25, 0.3) is 11.3 Å². The van der Waals surface area contributed by atoms with Crippen LogP contribution in [-0.2, 0) is 0 Å². The van der Waals surface area contributed by atoms with Gasteiger partial charge in [-0.05, 0) is 6.07 Å². The van der Waals surface area contributed by atoms with Gasteiger partial charge in [0.05, 0.1) is 5.02 Å². The number of nitrogens with zero attached hydrogens (tertiary/aromatic N) is 1. The van der Waals surface area contributed by atoms with Gasteiger partial charge in [0, 0.05) is 17.7 Å². The molecule has 0 saturated heterocycles. The number of anilines is 1. The Balaban J connectivity index is 2.62. The third kappa shape index (κ3) is 1.78. The minimum absolute atomic E-state index is 0.0818. The molecule has 2 aromatic rings. The second-order valence-electron chi connectivity index (χ2n) is 2.87. The average Bonchev–Trinajstić information content (AvgIpc) is 2.58. The summed E-state index contributed by atoms with van der Waals surface area (Å²) < 4.78 is 30.7. The van der Waals surface area contributed by atoms with Crippen LogP contribution in [0, 0.1) is 11.6 Å². The molecule has 2 rings (SSSR count). The fourth-order valence-electron chi connectivity index (χ4n) is 1.15. The van der Waals surface area contributed by atoms with E-state index in [-0.39, 0.29) is 22.2 Å². The largest absolute Gasteiger partial charge is 0.381 e. The summed E-state index contributed by atoms with van der Waals surface area (Å²) in [7, 11) is 0. The quantitative estimate of drug-likeness (QED) is 0.767. The Bertz CT molecular complexity index is 513. The number of benzene rings is 1. The van der Waals surface area contributed by atoms with E-state index in [9.17, 15) is 8.78 Å². The molecule has 0 aliphatic heterocycles.